The van der Waals surface area contributed by atoms with E-state index in [0.717, 1.165) is 13.2 Å². The van der Waals surface area contributed by atoms with Crippen molar-refractivity contribution in [3.05, 3.63) is 0 Å². The lowest BCUT2D eigenvalue weighted by atomic mass is 9.83. The van der Waals surface area contributed by atoms with E-state index in [0.29, 0.717) is 17.6 Å². The molecule has 3 heteroatoms. The highest BCUT2D eigenvalue weighted by Crippen LogP contribution is 2.31. The van der Waals surface area contributed by atoms with Gasteiger partial charge in [0.15, 0.2) is 0 Å². The monoisotopic (exact) mass is 226 g/mol. The van der Waals surface area contributed by atoms with E-state index in [1.54, 1.807) is 0 Å². The van der Waals surface area contributed by atoms with Crippen LogP contribution in [0.2, 0.25) is 0 Å². The zero-order valence-corrected chi connectivity index (χ0v) is 11.0. The third-order valence-electron chi connectivity index (χ3n) is 4.36. The van der Waals surface area contributed by atoms with Crippen LogP contribution in [-0.4, -0.2) is 49.8 Å². The summed E-state index contributed by atoms with van der Waals surface area (Å²) in [6, 6.07) is 0.584. The Morgan fingerprint density at radius 3 is 2.88 bits per heavy atom. The molecule has 0 aromatic rings. The van der Waals surface area contributed by atoms with Crippen LogP contribution in [0, 0.1) is 5.41 Å². The van der Waals surface area contributed by atoms with Crippen molar-refractivity contribution in [2.24, 2.45) is 5.41 Å². The summed E-state index contributed by atoms with van der Waals surface area (Å²) in [7, 11) is 0. The first-order valence-electron chi connectivity index (χ1n) is 6.71. The first-order chi connectivity index (χ1) is 7.65. The quantitative estimate of drug-likeness (QED) is 0.789. The van der Waals surface area contributed by atoms with Crippen LogP contribution in [0.1, 0.15) is 33.6 Å². The molecule has 0 spiro atoms. The molecule has 0 aromatic heterocycles. The van der Waals surface area contributed by atoms with Crippen molar-refractivity contribution < 1.29 is 4.74 Å². The first kappa shape index (κ1) is 12.3. The third kappa shape index (κ3) is 2.58. The molecule has 3 unspecified atom stereocenters. The summed E-state index contributed by atoms with van der Waals surface area (Å²) in [4.78, 5) is 2.63. The first-order valence-corrected chi connectivity index (χ1v) is 6.71. The second kappa shape index (κ2) is 5.03. The average molecular weight is 226 g/mol. The van der Waals surface area contributed by atoms with Gasteiger partial charge in [0.25, 0.3) is 0 Å². The normalized spacial score (nSPS) is 41.4. The van der Waals surface area contributed by atoms with Gasteiger partial charge in [-0.15, -0.1) is 0 Å². The highest BCUT2D eigenvalue weighted by molar-refractivity contribution is 4.91. The van der Waals surface area contributed by atoms with Crippen molar-refractivity contribution in [1.29, 1.82) is 0 Å². The Kier molecular flexibility index (Phi) is 3.88. The van der Waals surface area contributed by atoms with Gasteiger partial charge in [0.2, 0.25) is 0 Å². The fraction of sp³-hybridized carbons (Fsp3) is 1.00. The van der Waals surface area contributed by atoms with Crippen LogP contribution in [0.15, 0.2) is 0 Å². The van der Waals surface area contributed by atoms with E-state index in [1.165, 1.54) is 32.5 Å². The summed E-state index contributed by atoms with van der Waals surface area (Å²) in [5.74, 6) is 0. The maximum Gasteiger partial charge on any atom is 0.0674 e. The van der Waals surface area contributed by atoms with Crippen molar-refractivity contribution in [2.75, 3.05) is 32.8 Å². The summed E-state index contributed by atoms with van der Waals surface area (Å²) in [6.45, 7) is 12.4. The second-order valence-electron chi connectivity index (χ2n) is 5.70. The largest absolute Gasteiger partial charge is 0.376 e. The van der Waals surface area contributed by atoms with Crippen molar-refractivity contribution >= 4 is 0 Å². The Morgan fingerprint density at radius 1 is 1.44 bits per heavy atom. The molecular weight excluding hydrogens is 200 g/mol. The highest BCUT2D eigenvalue weighted by Gasteiger charge is 2.36. The molecule has 0 aromatic carbocycles. The van der Waals surface area contributed by atoms with Crippen LogP contribution in [0.25, 0.3) is 0 Å². The van der Waals surface area contributed by atoms with E-state index in [-0.39, 0.29) is 0 Å². The number of ether oxygens (including phenoxy) is 1. The summed E-state index contributed by atoms with van der Waals surface area (Å²) in [6.07, 6.45) is 3.03. The molecule has 3 atom stereocenters. The molecule has 0 radical (unpaired) electrons. The minimum Gasteiger partial charge on any atom is -0.376 e. The van der Waals surface area contributed by atoms with Gasteiger partial charge in [-0.1, -0.05) is 6.92 Å². The van der Waals surface area contributed by atoms with Crippen molar-refractivity contribution in [3.8, 4) is 0 Å². The van der Waals surface area contributed by atoms with E-state index in [1.807, 2.05) is 0 Å². The number of nitrogens with zero attached hydrogens (tertiary/aromatic N) is 1. The van der Waals surface area contributed by atoms with E-state index in [2.05, 4.69) is 31.0 Å². The minimum atomic E-state index is 0.402. The molecule has 2 fully saturated rings. The lowest BCUT2D eigenvalue weighted by Gasteiger charge is -2.42. The van der Waals surface area contributed by atoms with Gasteiger partial charge in [0.1, 0.15) is 0 Å². The number of morpholine rings is 1. The third-order valence-corrected chi connectivity index (χ3v) is 4.36. The summed E-state index contributed by atoms with van der Waals surface area (Å²) < 4.78 is 5.69. The lowest BCUT2D eigenvalue weighted by Crippen LogP contribution is -2.51. The van der Waals surface area contributed by atoms with Crippen LogP contribution in [0.4, 0.5) is 0 Å². The van der Waals surface area contributed by atoms with E-state index in [4.69, 9.17) is 4.74 Å². The molecule has 2 heterocycles. The molecule has 1 N–H and O–H groups in total. The zero-order valence-electron chi connectivity index (χ0n) is 11.0. The Morgan fingerprint density at radius 2 is 2.25 bits per heavy atom. The summed E-state index contributed by atoms with van der Waals surface area (Å²) in [5, 5.41) is 3.52. The minimum absolute atomic E-state index is 0.402. The smallest absolute Gasteiger partial charge is 0.0674 e. The van der Waals surface area contributed by atoms with Crippen molar-refractivity contribution in [3.63, 3.8) is 0 Å². The number of hydrogen-bond acceptors (Lipinski definition) is 3. The lowest BCUT2D eigenvalue weighted by molar-refractivity contribution is -0.0619. The topological polar surface area (TPSA) is 24.5 Å². The number of nitrogens with one attached hydrogen (secondary N) is 1. The van der Waals surface area contributed by atoms with E-state index in [9.17, 15) is 0 Å². The molecule has 0 amide bonds. The fourth-order valence-electron chi connectivity index (χ4n) is 2.97. The molecule has 16 heavy (non-hydrogen) atoms. The Labute approximate surface area is 99.5 Å². The second-order valence-corrected chi connectivity index (χ2v) is 5.70. The molecule has 2 aliphatic heterocycles. The van der Waals surface area contributed by atoms with Crippen LogP contribution < -0.4 is 5.32 Å². The van der Waals surface area contributed by atoms with Crippen molar-refractivity contribution in [2.45, 2.75) is 45.8 Å². The van der Waals surface area contributed by atoms with Crippen LogP contribution in [-0.2, 0) is 4.74 Å². The summed E-state index contributed by atoms with van der Waals surface area (Å²) >= 11 is 0. The molecule has 2 aliphatic rings. The molecule has 0 saturated carbocycles. The standard InChI is InChI=1S/C13H26N2O/c1-4-13(5-6-14-9-13)10-15-7-12(3)16-8-11(15)2/h11-12,14H,4-10H2,1-3H3. The number of rotatable bonds is 3. The van der Waals surface area contributed by atoms with Crippen LogP contribution in [0.5, 0.6) is 0 Å². The van der Waals surface area contributed by atoms with Gasteiger partial charge >= 0.3 is 0 Å². The van der Waals surface area contributed by atoms with Gasteiger partial charge in [-0.05, 0) is 38.6 Å². The van der Waals surface area contributed by atoms with Gasteiger partial charge in [0, 0.05) is 25.7 Å². The molecule has 94 valence electrons. The van der Waals surface area contributed by atoms with Gasteiger partial charge in [-0.25, -0.2) is 0 Å². The Bertz CT molecular complexity index is 226. The maximum absolute atomic E-state index is 5.69. The average Bonchev–Trinajstić information content (AvgIpc) is 2.73. The Hall–Kier alpha value is -0.120. The van der Waals surface area contributed by atoms with Gasteiger partial charge < -0.3 is 10.1 Å². The molecule has 2 rings (SSSR count). The molecule has 0 aliphatic carbocycles. The van der Waals surface area contributed by atoms with Gasteiger partial charge in [-0.2, -0.15) is 0 Å². The van der Waals surface area contributed by atoms with E-state index < -0.39 is 0 Å². The van der Waals surface area contributed by atoms with Crippen LogP contribution >= 0.6 is 0 Å². The molecule has 2 saturated heterocycles. The predicted octanol–water partition coefficient (Wildman–Crippen LogP) is 1.49. The maximum atomic E-state index is 5.69. The zero-order chi connectivity index (χ0) is 11.6. The van der Waals surface area contributed by atoms with Crippen molar-refractivity contribution in [1.82, 2.24) is 10.2 Å². The van der Waals surface area contributed by atoms with Crippen LogP contribution in [0.3, 0.4) is 0 Å². The molecular formula is C13H26N2O. The number of hydrogen-bond donors (Lipinski definition) is 1. The predicted molar refractivity (Wildman–Crippen MR) is 66.7 cm³/mol. The SMILES string of the molecule is CCC1(CN2CC(C)OCC2C)CCNC1. The Balaban J connectivity index is 1.96. The van der Waals surface area contributed by atoms with Gasteiger partial charge in [0.05, 0.1) is 12.7 Å². The summed E-state index contributed by atoms with van der Waals surface area (Å²) in [5.41, 5.74) is 0.519. The van der Waals surface area contributed by atoms with Gasteiger partial charge in [-0.3, -0.25) is 4.90 Å². The highest BCUT2D eigenvalue weighted by atomic mass is 16.5. The molecule has 0 bridgehead atoms. The van der Waals surface area contributed by atoms with E-state index >= 15 is 0 Å². The molecule has 3 nitrogen and oxygen atoms in total. The fourth-order valence-corrected chi connectivity index (χ4v) is 2.97.